The number of epoxide rings is 2. The molecule has 1 aliphatic carbocycles. The van der Waals surface area contributed by atoms with E-state index >= 15 is 0 Å². The molecule has 2 amide bonds. The van der Waals surface area contributed by atoms with Crippen LogP contribution in [0.3, 0.4) is 0 Å². The predicted octanol–water partition coefficient (Wildman–Crippen LogP) is 1.95. The molecule has 0 aromatic rings. The van der Waals surface area contributed by atoms with Crippen LogP contribution >= 0.6 is 0 Å². The van der Waals surface area contributed by atoms with Crippen LogP contribution in [0.5, 0.6) is 0 Å². The van der Waals surface area contributed by atoms with Crippen molar-refractivity contribution >= 4 is 12.0 Å². The molecule has 0 aromatic carbocycles. The standard InChI is InChI=1S/C26H41N3O6/c1-15(2)7-8-19-25(4,35-19)22-21(32-6)18(9-10-26(22)14-33-26)34-24(31)27-20-16(3)17-13-28(5)11-12-29(17)23(20)30/h7,16-22H,8-14H2,1-6H3,(H,27,31)/t16?,17?,18-,19-,20-,21-,22-,25+,26+/m1/s1. The van der Waals surface area contributed by atoms with Crippen LogP contribution in [-0.4, -0.2) is 104 Å². The quantitative estimate of drug-likeness (QED) is 0.448. The van der Waals surface area contributed by atoms with E-state index in [1.807, 2.05) is 11.8 Å². The zero-order valence-electron chi connectivity index (χ0n) is 21.9. The van der Waals surface area contributed by atoms with Gasteiger partial charge in [0.15, 0.2) is 0 Å². The fourth-order valence-corrected chi connectivity index (χ4v) is 6.86. The molecule has 4 saturated heterocycles. The number of carbonyl (C=O) groups excluding carboxylic acids is 2. The van der Waals surface area contributed by atoms with Crippen molar-refractivity contribution in [2.24, 2.45) is 11.8 Å². The maximum absolute atomic E-state index is 13.0. The molecular formula is C26H41N3O6. The first kappa shape index (κ1) is 25.0. The zero-order valence-corrected chi connectivity index (χ0v) is 21.9. The molecule has 35 heavy (non-hydrogen) atoms. The zero-order chi connectivity index (χ0) is 25.1. The van der Waals surface area contributed by atoms with E-state index in [1.165, 1.54) is 5.57 Å². The van der Waals surface area contributed by atoms with Crippen molar-refractivity contribution in [2.75, 3.05) is 40.4 Å². The summed E-state index contributed by atoms with van der Waals surface area (Å²) in [5.41, 5.74) is 0.617. The molecule has 1 spiro atoms. The molecule has 0 radical (unpaired) electrons. The second-order valence-corrected chi connectivity index (χ2v) is 11.7. The van der Waals surface area contributed by atoms with E-state index in [2.05, 4.69) is 44.1 Å². The smallest absolute Gasteiger partial charge is 0.408 e. The number of fused-ring (bicyclic) bond motifs is 1. The lowest BCUT2D eigenvalue weighted by atomic mass is 9.68. The summed E-state index contributed by atoms with van der Waals surface area (Å²) >= 11 is 0. The maximum atomic E-state index is 13.0. The summed E-state index contributed by atoms with van der Waals surface area (Å²) in [6.45, 7) is 11.4. The summed E-state index contributed by atoms with van der Waals surface area (Å²) in [6, 6.07) is -0.441. The Morgan fingerprint density at radius 3 is 2.71 bits per heavy atom. The molecule has 196 valence electrons. The summed E-state index contributed by atoms with van der Waals surface area (Å²) in [4.78, 5) is 30.2. The van der Waals surface area contributed by atoms with Crippen LogP contribution in [0.2, 0.25) is 0 Å². The predicted molar refractivity (Wildman–Crippen MR) is 129 cm³/mol. The third-order valence-corrected chi connectivity index (χ3v) is 9.07. The summed E-state index contributed by atoms with van der Waals surface area (Å²) in [5.74, 6) is -0.0183. The molecule has 9 atom stereocenters. The van der Waals surface area contributed by atoms with Crippen molar-refractivity contribution in [1.82, 2.24) is 15.1 Å². The number of nitrogens with one attached hydrogen (secondary N) is 1. The number of carbonyl (C=O) groups is 2. The molecule has 0 bridgehead atoms. The molecule has 4 heterocycles. The SMILES string of the molecule is CO[C@@H]1[C@H](OC(=O)N[C@H]2C(=O)N3CCN(C)CC3C2C)CC[C@]2(CO2)[C@H]1[C@@]1(C)O[C@@H]1CC=C(C)C. The van der Waals surface area contributed by atoms with Gasteiger partial charge in [0.1, 0.15) is 29.5 Å². The molecule has 9 heteroatoms. The number of likely N-dealkylation sites (N-methyl/N-ethyl adjacent to an activating group) is 1. The Kier molecular flexibility index (Phi) is 6.43. The topological polar surface area (TPSA) is 96.2 Å². The van der Waals surface area contributed by atoms with Crippen molar-refractivity contribution < 1.29 is 28.5 Å². The van der Waals surface area contributed by atoms with Gasteiger partial charge in [-0.25, -0.2) is 4.79 Å². The highest BCUT2D eigenvalue weighted by Crippen LogP contribution is 2.59. The first-order valence-electron chi connectivity index (χ1n) is 13.0. The number of hydrogen-bond donors (Lipinski definition) is 1. The normalized spacial score (nSPS) is 44.7. The maximum Gasteiger partial charge on any atom is 0.408 e. The summed E-state index contributed by atoms with van der Waals surface area (Å²) < 4.78 is 24.2. The molecule has 5 aliphatic rings. The number of alkyl carbamates (subject to hydrolysis) is 1. The third-order valence-electron chi connectivity index (χ3n) is 9.07. The fraction of sp³-hybridized carbons (Fsp3) is 0.846. The van der Waals surface area contributed by atoms with Gasteiger partial charge in [-0.05, 0) is 47.1 Å². The summed E-state index contributed by atoms with van der Waals surface area (Å²) in [6.07, 6.45) is 3.29. The van der Waals surface area contributed by atoms with E-state index in [0.29, 0.717) is 19.6 Å². The lowest BCUT2D eigenvalue weighted by molar-refractivity contribution is -0.132. The van der Waals surface area contributed by atoms with E-state index in [9.17, 15) is 9.59 Å². The Labute approximate surface area is 208 Å². The monoisotopic (exact) mass is 491 g/mol. The van der Waals surface area contributed by atoms with Crippen molar-refractivity contribution in [1.29, 1.82) is 0 Å². The fourth-order valence-electron chi connectivity index (χ4n) is 6.86. The Hall–Kier alpha value is -1.68. The number of ether oxygens (including phenoxy) is 4. The lowest BCUT2D eigenvalue weighted by Crippen LogP contribution is -2.56. The number of methoxy groups -OCH3 is 1. The van der Waals surface area contributed by atoms with Gasteiger partial charge in [0.05, 0.1) is 18.6 Å². The molecule has 5 rings (SSSR count). The molecule has 9 nitrogen and oxygen atoms in total. The van der Waals surface area contributed by atoms with Gasteiger partial charge in [-0.1, -0.05) is 18.6 Å². The molecule has 4 aliphatic heterocycles. The van der Waals surface area contributed by atoms with Crippen molar-refractivity contribution in [3.05, 3.63) is 11.6 Å². The van der Waals surface area contributed by atoms with Gasteiger partial charge >= 0.3 is 6.09 Å². The van der Waals surface area contributed by atoms with Gasteiger partial charge in [0.2, 0.25) is 5.91 Å². The van der Waals surface area contributed by atoms with Crippen LogP contribution in [0.4, 0.5) is 4.79 Å². The van der Waals surface area contributed by atoms with E-state index in [4.69, 9.17) is 18.9 Å². The number of nitrogens with zero attached hydrogens (tertiary/aromatic N) is 2. The minimum absolute atomic E-state index is 0.0105. The molecular weight excluding hydrogens is 450 g/mol. The number of allylic oxidation sites excluding steroid dienone is 1. The van der Waals surface area contributed by atoms with Gasteiger partial charge in [-0.15, -0.1) is 0 Å². The van der Waals surface area contributed by atoms with E-state index in [0.717, 1.165) is 25.9 Å². The number of hydrogen-bond acceptors (Lipinski definition) is 7. The van der Waals surface area contributed by atoms with Crippen molar-refractivity contribution in [2.45, 2.75) is 88.6 Å². The van der Waals surface area contributed by atoms with Crippen molar-refractivity contribution in [3.63, 3.8) is 0 Å². The highest BCUT2D eigenvalue weighted by atomic mass is 16.6. The molecule has 1 N–H and O–H groups in total. The highest BCUT2D eigenvalue weighted by Gasteiger charge is 2.72. The number of amides is 2. The van der Waals surface area contributed by atoms with Crippen LogP contribution in [0.15, 0.2) is 11.6 Å². The van der Waals surface area contributed by atoms with E-state index < -0.39 is 18.2 Å². The van der Waals surface area contributed by atoms with Gasteiger partial charge < -0.3 is 34.1 Å². The van der Waals surface area contributed by atoms with Crippen LogP contribution in [0.25, 0.3) is 0 Å². The van der Waals surface area contributed by atoms with Crippen LogP contribution < -0.4 is 5.32 Å². The van der Waals surface area contributed by atoms with Crippen molar-refractivity contribution in [3.8, 4) is 0 Å². The largest absolute Gasteiger partial charge is 0.443 e. The average Bonchev–Trinajstić information content (AvgIpc) is 3.71. The summed E-state index contributed by atoms with van der Waals surface area (Å²) in [7, 11) is 3.74. The van der Waals surface area contributed by atoms with Gasteiger partial charge in [0, 0.05) is 38.7 Å². The van der Waals surface area contributed by atoms with Gasteiger partial charge in [0.25, 0.3) is 0 Å². The number of piperazine rings is 1. The Balaban J connectivity index is 1.25. The van der Waals surface area contributed by atoms with Crippen LogP contribution in [-0.2, 0) is 23.7 Å². The second kappa shape index (κ2) is 9.01. The van der Waals surface area contributed by atoms with E-state index in [-0.39, 0.29) is 47.2 Å². The Morgan fingerprint density at radius 1 is 1.31 bits per heavy atom. The lowest BCUT2D eigenvalue weighted by Gasteiger charge is -2.42. The molecule has 0 aromatic heterocycles. The average molecular weight is 492 g/mol. The number of rotatable bonds is 6. The third kappa shape index (κ3) is 4.38. The molecule has 1 saturated carbocycles. The Morgan fingerprint density at radius 2 is 2.06 bits per heavy atom. The molecule has 2 unspecified atom stereocenters. The molecule has 5 fully saturated rings. The van der Waals surface area contributed by atoms with Gasteiger partial charge in [-0.3, -0.25) is 4.79 Å². The highest BCUT2D eigenvalue weighted by molar-refractivity contribution is 5.88. The van der Waals surface area contributed by atoms with Crippen LogP contribution in [0.1, 0.15) is 47.0 Å². The van der Waals surface area contributed by atoms with Crippen LogP contribution in [0, 0.1) is 11.8 Å². The van der Waals surface area contributed by atoms with Gasteiger partial charge in [-0.2, -0.15) is 0 Å². The minimum atomic E-state index is -0.560. The Bertz CT molecular complexity index is 886. The summed E-state index contributed by atoms with van der Waals surface area (Å²) in [5, 5.41) is 2.89. The van der Waals surface area contributed by atoms with E-state index in [1.54, 1.807) is 7.11 Å². The second-order valence-electron chi connectivity index (χ2n) is 11.7. The minimum Gasteiger partial charge on any atom is -0.443 e. The first-order chi connectivity index (χ1) is 16.6. The first-order valence-corrected chi connectivity index (χ1v) is 13.0.